The van der Waals surface area contributed by atoms with Gasteiger partial charge in [-0.15, -0.1) is 0 Å². The zero-order valence-corrected chi connectivity index (χ0v) is 12.5. The van der Waals surface area contributed by atoms with Gasteiger partial charge in [0.25, 0.3) is 11.5 Å². The van der Waals surface area contributed by atoms with Crippen LogP contribution in [-0.2, 0) is 4.79 Å². The molecule has 2 heterocycles. The molecule has 116 valence electrons. The molecule has 0 bridgehead atoms. The molecule has 0 aliphatic heterocycles. The number of hydrogen-bond donors (Lipinski definition) is 2. The third-order valence-electron chi connectivity index (χ3n) is 3.61. The van der Waals surface area contributed by atoms with Crippen LogP contribution in [0.4, 0.5) is 0 Å². The normalized spacial score (nSPS) is 13.6. The van der Waals surface area contributed by atoms with Gasteiger partial charge in [0.1, 0.15) is 11.2 Å². The van der Waals surface area contributed by atoms with Crippen molar-refractivity contribution in [3.8, 4) is 0 Å². The summed E-state index contributed by atoms with van der Waals surface area (Å²) in [5.41, 5.74) is 0.796. The van der Waals surface area contributed by atoms with Crippen LogP contribution in [0.15, 0.2) is 29.3 Å². The lowest BCUT2D eigenvalue weighted by Crippen LogP contribution is -2.42. The van der Waals surface area contributed by atoms with Gasteiger partial charge in [-0.25, -0.2) is 4.98 Å². The fourth-order valence-electron chi connectivity index (χ4n) is 1.96. The Labute approximate surface area is 126 Å². The fraction of sp³-hybridized carbons (Fsp3) is 0.333. The lowest BCUT2D eigenvalue weighted by molar-refractivity contribution is -0.141. The number of amides is 1. The summed E-state index contributed by atoms with van der Waals surface area (Å²) in [7, 11) is 0. The van der Waals surface area contributed by atoms with Crippen molar-refractivity contribution in [3.05, 3.63) is 46.0 Å². The summed E-state index contributed by atoms with van der Waals surface area (Å²) in [4.78, 5) is 39.5. The van der Waals surface area contributed by atoms with Crippen LogP contribution in [0.3, 0.4) is 0 Å². The van der Waals surface area contributed by atoms with Gasteiger partial charge in [0.05, 0.1) is 5.92 Å². The Balaban J connectivity index is 2.33. The lowest BCUT2D eigenvalue weighted by Gasteiger charge is -2.17. The maximum atomic E-state index is 12.3. The second-order valence-electron chi connectivity index (χ2n) is 5.30. The van der Waals surface area contributed by atoms with Crippen LogP contribution in [-0.4, -0.2) is 32.4 Å². The van der Waals surface area contributed by atoms with Crippen LogP contribution < -0.4 is 10.9 Å². The molecule has 0 aromatic carbocycles. The number of aromatic nitrogens is 2. The van der Waals surface area contributed by atoms with Crippen molar-refractivity contribution in [1.82, 2.24) is 14.7 Å². The van der Waals surface area contributed by atoms with Crippen LogP contribution in [0.5, 0.6) is 0 Å². The molecule has 1 amide bonds. The quantitative estimate of drug-likeness (QED) is 0.871. The Bertz CT molecular complexity index is 797. The van der Waals surface area contributed by atoms with Crippen molar-refractivity contribution in [2.75, 3.05) is 0 Å². The van der Waals surface area contributed by atoms with Crippen molar-refractivity contribution >= 4 is 17.5 Å². The first-order chi connectivity index (χ1) is 10.3. The Morgan fingerprint density at radius 3 is 2.68 bits per heavy atom. The average molecular weight is 303 g/mol. The molecule has 7 heteroatoms. The highest BCUT2D eigenvalue weighted by molar-refractivity contribution is 5.94. The second-order valence-corrected chi connectivity index (χ2v) is 5.30. The molecule has 0 saturated heterocycles. The molecule has 2 aromatic rings. The minimum atomic E-state index is -1.02. The highest BCUT2D eigenvalue weighted by Gasteiger charge is 2.23. The molecule has 2 N–H and O–H groups in total. The van der Waals surface area contributed by atoms with Crippen molar-refractivity contribution in [3.63, 3.8) is 0 Å². The summed E-state index contributed by atoms with van der Waals surface area (Å²) >= 11 is 0. The molecular weight excluding hydrogens is 286 g/mol. The number of rotatable bonds is 4. The maximum absolute atomic E-state index is 12.3. The summed E-state index contributed by atoms with van der Waals surface area (Å²) in [5.74, 6) is -2.41. The van der Waals surface area contributed by atoms with E-state index in [4.69, 9.17) is 5.11 Å². The molecule has 0 fully saturated rings. The number of nitrogens with one attached hydrogen (secondary N) is 1. The minimum Gasteiger partial charge on any atom is -0.481 e. The van der Waals surface area contributed by atoms with Crippen molar-refractivity contribution in [2.45, 2.75) is 26.8 Å². The van der Waals surface area contributed by atoms with Gasteiger partial charge < -0.3 is 10.4 Å². The Kier molecular flexibility index (Phi) is 4.25. The highest BCUT2D eigenvalue weighted by atomic mass is 16.4. The third kappa shape index (κ3) is 2.98. The molecule has 2 unspecified atom stereocenters. The molecule has 0 saturated carbocycles. The van der Waals surface area contributed by atoms with E-state index < -0.39 is 29.4 Å². The number of hydrogen-bond acceptors (Lipinski definition) is 4. The highest BCUT2D eigenvalue weighted by Crippen LogP contribution is 2.05. The molecule has 2 rings (SSSR count). The molecule has 2 aromatic heterocycles. The average Bonchev–Trinajstić information content (AvgIpc) is 2.46. The van der Waals surface area contributed by atoms with E-state index in [2.05, 4.69) is 10.3 Å². The van der Waals surface area contributed by atoms with Gasteiger partial charge in [-0.3, -0.25) is 18.8 Å². The van der Waals surface area contributed by atoms with Gasteiger partial charge in [-0.2, -0.15) is 0 Å². The molecule has 7 nitrogen and oxygen atoms in total. The van der Waals surface area contributed by atoms with Crippen LogP contribution in [0.2, 0.25) is 0 Å². The van der Waals surface area contributed by atoms with Gasteiger partial charge >= 0.3 is 5.97 Å². The van der Waals surface area contributed by atoms with E-state index in [1.807, 2.05) is 6.92 Å². The molecule has 0 aliphatic carbocycles. The molecule has 22 heavy (non-hydrogen) atoms. The van der Waals surface area contributed by atoms with E-state index in [-0.39, 0.29) is 5.56 Å². The summed E-state index contributed by atoms with van der Waals surface area (Å²) in [6.45, 7) is 4.94. The third-order valence-corrected chi connectivity index (χ3v) is 3.61. The van der Waals surface area contributed by atoms with Crippen molar-refractivity contribution in [2.24, 2.45) is 5.92 Å². The maximum Gasteiger partial charge on any atom is 0.308 e. The van der Waals surface area contributed by atoms with E-state index >= 15 is 0 Å². The number of fused-ring (bicyclic) bond motifs is 1. The van der Waals surface area contributed by atoms with Crippen molar-refractivity contribution in [1.29, 1.82) is 0 Å². The predicted molar refractivity (Wildman–Crippen MR) is 79.9 cm³/mol. The molecule has 2 atom stereocenters. The van der Waals surface area contributed by atoms with Gasteiger partial charge in [-0.05, 0) is 38.5 Å². The van der Waals surface area contributed by atoms with E-state index in [9.17, 15) is 14.4 Å². The molecular formula is C15H17N3O4. The Hall–Kier alpha value is -2.70. The minimum absolute atomic E-state index is 0.120. The summed E-state index contributed by atoms with van der Waals surface area (Å²) in [5, 5.41) is 11.4. The van der Waals surface area contributed by atoms with E-state index in [1.54, 1.807) is 25.3 Å². The van der Waals surface area contributed by atoms with Crippen LogP contribution in [0.25, 0.3) is 5.65 Å². The van der Waals surface area contributed by atoms with E-state index in [1.165, 1.54) is 17.5 Å². The number of nitrogens with zero attached hydrogens (tertiary/aromatic N) is 2. The fourth-order valence-corrected chi connectivity index (χ4v) is 1.96. The first kappa shape index (κ1) is 15.7. The standard InChI is InChI=1S/C15H17N3O4/c1-8-4-5-18-12(6-8)16-7-11(14(18)20)13(19)17-10(3)9(2)15(21)22/h4-7,9-10H,1-3H3,(H,17,19)(H,21,22). The van der Waals surface area contributed by atoms with Gasteiger partial charge in [0, 0.05) is 18.4 Å². The first-order valence-corrected chi connectivity index (χ1v) is 6.83. The summed E-state index contributed by atoms with van der Waals surface area (Å²) < 4.78 is 1.28. The number of carboxylic acids is 1. The van der Waals surface area contributed by atoms with Crippen LogP contribution in [0.1, 0.15) is 29.8 Å². The zero-order valence-electron chi connectivity index (χ0n) is 12.5. The topological polar surface area (TPSA) is 101 Å². The molecule has 0 spiro atoms. The van der Waals surface area contributed by atoms with Crippen LogP contribution in [0, 0.1) is 12.8 Å². The number of aliphatic carboxylic acids is 1. The van der Waals surface area contributed by atoms with E-state index in [0.717, 1.165) is 5.56 Å². The second kappa shape index (κ2) is 5.97. The number of pyridine rings is 1. The summed E-state index contributed by atoms with van der Waals surface area (Å²) in [6, 6.07) is 2.87. The Morgan fingerprint density at radius 1 is 1.36 bits per heavy atom. The zero-order chi connectivity index (χ0) is 16.4. The number of aryl methyl sites for hydroxylation is 1. The van der Waals surface area contributed by atoms with Crippen LogP contribution >= 0.6 is 0 Å². The van der Waals surface area contributed by atoms with Gasteiger partial charge in [-0.1, -0.05) is 0 Å². The predicted octanol–water partition coefficient (Wildman–Crippen LogP) is 0.842. The number of carbonyl (C=O) groups excluding carboxylic acids is 1. The van der Waals surface area contributed by atoms with E-state index in [0.29, 0.717) is 5.65 Å². The Morgan fingerprint density at radius 2 is 2.05 bits per heavy atom. The van der Waals surface area contributed by atoms with Crippen molar-refractivity contribution < 1.29 is 14.7 Å². The first-order valence-electron chi connectivity index (χ1n) is 6.83. The van der Waals surface area contributed by atoms with Gasteiger partial charge in [0.15, 0.2) is 0 Å². The number of carboxylic acid groups (broad SMARTS) is 1. The molecule has 0 radical (unpaired) electrons. The number of carbonyl (C=O) groups is 2. The summed E-state index contributed by atoms with van der Waals surface area (Å²) in [6.07, 6.45) is 2.77. The largest absolute Gasteiger partial charge is 0.481 e. The lowest BCUT2D eigenvalue weighted by atomic mass is 10.0. The smallest absolute Gasteiger partial charge is 0.308 e. The van der Waals surface area contributed by atoms with Gasteiger partial charge in [0.2, 0.25) is 0 Å². The monoisotopic (exact) mass is 303 g/mol. The molecule has 0 aliphatic rings. The SMILES string of the molecule is Cc1ccn2c(=O)c(C(=O)NC(C)C(C)C(=O)O)cnc2c1.